The number of anilines is 1. The number of nitrogens with zero attached hydrogens (tertiary/aromatic N) is 3. The first kappa shape index (κ1) is 14.3. The summed E-state index contributed by atoms with van der Waals surface area (Å²) in [4.78, 5) is 12.7. The highest BCUT2D eigenvalue weighted by Gasteiger charge is 2.21. The van der Waals surface area contributed by atoms with Gasteiger partial charge in [-0.05, 0) is 51.7 Å². The smallest absolute Gasteiger partial charge is 0.261 e. The topological polar surface area (TPSA) is 59.8 Å². The van der Waals surface area contributed by atoms with E-state index in [9.17, 15) is 4.79 Å². The molecular formula is C15H20N4OS. The molecule has 0 aliphatic heterocycles. The van der Waals surface area contributed by atoms with Crippen LogP contribution in [0, 0.1) is 0 Å². The second-order valence-electron chi connectivity index (χ2n) is 5.64. The van der Waals surface area contributed by atoms with Crippen LogP contribution in [0.5, 0.6) is 0 Å². The van der Waals surface area contributed by atoms with E-state index in [0.717, 1.165) is 24.4 Å². The molecule has 1 aliphatic rings. The minimum atomic E-state index is 0.0606. The molecule has 2 aromatic rings. The Kier molecular flexibility index (Phi) is 3.80. The summed E-state index contributed by atoms with van der Waals surface area (Å²) in [5, 5.41) is 13.0. The molecule has 0 aromatic carbocycles. The van der Waals surface area contributed by atoms with Gasteiger partial charge in [-0.1, -0.05) is 11.3 Å². The molecule has 2 aromatic heterocycles. The molecule has 0 fully saturated rings. The van der Waals surface area contributed by atoms with Crippen molar-refractivity contribution < 1.29 is 0 Å². The number of fused-ring (bicyclic) bond motifs is 1. The lowest BCUT2D eigenvalue weighted by atomic mass is 10.1. The van der Waals surface area contributed by atoms with Gasteiger partial charge in [0.05, 0.1) is 5.56 Å². The van der Waals surface area contributed by atoms with E-state index in [-0.39, 0.29) is 5.56 Å². The molecule has 0 spiro atoms. The van der Waals surface area contributed by atoms with Crippen LogP contribution in [0.3, 0.4) is 0 Å². The standard InChI is InChI=1S/C15H20N4OS/c1-4-19-12-7-5-6-10(12)8-11(14(19)20)13-17-18-15(21-13)16-9(2)3/h8-9H,4-7H2,1-3H3,(H,16,18). The average Bonchev–Trinajstić information content (AvgIpc) is 3.06. The van der Waals surface area contributed by atoms with E-state index in [4.69, 9.17) is 0 Å². The maximum atomic E-state index is 12.7. The number of rotatable bonds is 4. The van der Waals surface area contributed by atoms with Crippen LogP contribution in [0.25, 0.3) is 10.6 Å². The van der Waals surface area contributed by atoms with Crippen molar-refractivity contribution in [3.8, 4) is 10.6 Å². The Morgan fingerprint density at radius 3 is 2.90 bits per heavy atom. The van der Waals surface area contributed by atoms with Gasteiger partial charge in [0.15, 0.2) is 5.01 Å². The van der Waals surface area contributed by atoms with E-state index in [1.54, 1.807) is 0 Å². The number of hydrogen-bond acceptors (Lipinski definition) is 5. The lowest BCUT2D eigenvalue weighted by molar-refractivity contribution is 0.683. The molecule has 1 aliphatic carbocycles. The summed E-state index contributed by atoms with van der Waals surface area (Å²) in [5.74, 6) is 0. The van der Waals surface area contributed by atoms with Gasteiger partial charge in [0, 0.05) is 18.3 Å². The summed E-state index contributed by atoms with van der Waals surface area (Å²) < 4.78 is 1.90. The van der Waals surface area contributed by atoms with Crippen LogP contribution >= 0.6 is 11.3 Å². The van der Waals surface area contributed by atoms with Crippen molar-refractivity contribution in [2.75, 3.05) is 5.32 Å². The van der Waals surface area contributed by atoms with Gasteiger partial charge in [-0.3, -0.25) is 4.79 Å². The largest absolute Gasteiger partial charge is 0.358 e. The van der Waals surface area contributed by atoms with Gasteiger partial charge >= 0.3 is 0 Å². The Morgan fingerprint density at radius 2 is 2.19 bits per heavy atom. The predicted octanol–water partition coefficient (Wildman–Crippen LogP) is 2.70. The fourth-order valence-corrected chi connectivity index (χ4v) is 3.74. The highest BCUT2D eigenvalue weighted by Crippen LogP contribution is 2.28. The number of aryl methyl sites for hydroxylation is 1. The van der Waals surface area contributed by atoms with Gasteiger partial charge < -0.3 is 9.88 Å². The zero-order chi connectivity index (χ0) is 15.0. The van der Waals surface area contributed by atoms with Crippen molar-refractivity contribution >= 4 is 16.5 Å². The fourth-order valence-electron chi connectivity index (χ4n) is 2.84. The van der Waals surface area contributed by atoms with E-state index >= 15 is 0 Å². The zero-order valence-corrected chi connectivity index (χ0v) is 13.5. The fraction of sp³-hybridized carbons (Fsp3) is 0.533. The molecule has 0 saturated heterocycles. The molecule has 0 unspecified atom stereocenters. The molecule has 112 valence electrons. The first-order chi connectivity index (χ1) is 10.1. The quantitative estimate of drug-likeness (QED) is 0.943. The summed E-state index contributed by atoms with van der Waals surface area (Å²) in [6.45, 7) is 6.85. The molecule has 0 radical (unpaired) electrons. The Morgan fingerprint density at radius 1 is 1.38 bits per heavy atom. The van der Waals surface area contributed by atoms with Crippen molar-refractivity contribution in [3.05, 3.63) is 27.7 Å². The third-order valence-corrected chi connectivity index (χ3v) is 4.62. The van der Waals surface area contributed by atoms with Gasteiger partial charge in [-0.15, -0.1) is 10.2 Å². The number of aromatic nitrogens is 3. The molecule has 3 rings (SSSR count). The molecule has 1 N–H and O–H groups in total. The summed E-state index contributed by atoms with van der Waals surface area (Å²) in [6, 6.07) is 2.33. The maximum Gasteiger partial charge on any atom is 0.261 e. The molecular weight excluding hydrogens is 284 g/mol. The minimum absolute atomic E-state index is 0.0606. The molecule has 6 heteroatoms. The second kappa shape index (κ2) is 5.60. The van der Waals surface area contributed by atoms with Gasteiger partial charge in [-0.2, -0.15) is 0 Å². The summed E-state index contributed by atoms with van der Waals surface area (Å²) in [5.41, 5.74) is 3.24. The van der Waals surface area contributed by atoms with Crippen LogP contribution in [-0.4, -0.2) is 20.8 Å². The molecule has 2 heterocycles. The number of hydrogen-bond donors (Lipinski definition) is 1. The third-order valence-electron chi connectivity index (χ3n) is 3.73. The van der Waals surface area contributed by atoms with Crippen molar-refractivity contribution in [2.24, 2.45) is 0 Å². The Balaban J connectivity index is 2.07. The predicted molar refractivity (Wildman–Crippen MR) is 86.1 cm³/mol. The molecule has 0 atom stereocenters. The summed E-state index contributed by atoms with van der Waals surface area (Å²) in [6.07, 6.45) is 3.20. The summed E-state index contributed by atoms with van der Waals surface area (Å²) >= 11 is 1.45. The van der Waals surface area contributed by atoms with Crippen molar-refractivity contribution in [1.82, 2.24) is 14.8 Å². The van der Waals surface area contributed by atoms with Crippen molar-refractivity contribution in [1.29, 1.82) is 0 Å². The second-order valence-corrected chi connectivity index (χ2v) is 6.62. The highest BCUT2D eigenvalue weighted by molar-refractivity contribution is 7.18. The Hall–Kier alpha value is -1.69. The Bertz CT molecular complexity index is 717. The first-order valence-corrected chi connectivity index (χ1v) is 8.27. The van der Waals surface area contributed by atoms with Crippen LogP contribution in [0.15, 0.2) is 10.9 Å². The van der Waals surface area contributed by atoms with E-state index < -0.39 is 0 Å². The van der Waals surface area contributed by atoms with Gasteiger partial charge in [0.25, 0.3) is 5.56 Å². The average molecular weight is 304 g/mol. The molecule has 0 bridgehead atoms. The van der Waals surface area contributed by atoms with Crippen LogP contribution < -0.4 is 10.9 Å². The maximum absolute atomic E-state index is 12.7. The van der Waals surface area contributed by atoms with Crippen LogP contribution in [0.4, 0.5) is 5.13 Å². The monoisotopic (exact) mass is 304 g/mol. The molecule has 0 saturated carbocycles. The van der Waals surface area contributed by atoms with E-state index in [2.05, 4.69) is 29.4 Å². The van der Waals surface area contributed by atoms with E-state index in [1.807, 2.05) is 17.6 Å². The van der Waals surface area contributed by atoms with Gasteiger partial charge in [0.2, 0.25) is 5.13 Å². The first-order valence-electron chi connectivity index (χ1n) is 7.46. The third kappa shape index (κ3) is 2.60. The highest BCUT2D eigenvalue weighted by atomic mass is 32.1. The van der Waals surface area contributed by atoms with Crippen LogP contribution in [-0.2, 0) is 19.4 Å². The minimum Gasteiger partial charge on any atom is -0.358 e. The molecule has 0 amide bonds. The number of pyridine rings is 1. The lowest BCUT2D eigenvalue weighted by Gasteiger charge is -2.11. The molecule has 5 nitrogen and oxygen atoms in total. The van der Waals surface area contributed by atoms with Crippen LogP contribution in [0.2, 0.25) is 0 Å². The van der Waals surface area contributed by atoms with E-state index in [1.165, 1.54) is 22.6 Å². The van der Waals surface area contributed by atoms with Crippen LogP contribution in [0.1, 0.15) is 38.4 Å². The normalized spacial score (nSPS) is 13.7. The lowest BCUT2D eigenvalue weighted by Crippen LogP contribution is -2.24. The molecule has 21 heavy (non-hydrogen) atoms. The SMILES string of the molecule is CCn1c2c(cc(-c3nnc(NC(C)C)s3)c1=O)CCC2. The van der Waals surface area contributed by atoms with Crippen molar-refractivity contribution in [3.63, 3.8) is 0 Å². The Labute approximate surface area is 128 Å². The number of nitrogens with one attached hydrogen (secondary N) is 1. The van der Waals surface area contributed by atoms with Gasteiger partial charge in [-0.25, -0.2) is 0 Å². The van der Waals surface area contributed by atoms with Gasteiger partial charge in [0.1, 0.15) is 0 Å². The summed E-state index contributed by atoms with van der Waals surface area (Å²) in [7, 11) is 0. The zero-order valence-electron chi connectivity index (χ0n) is 12.6. The van der Waals surface area contributed by atoms with Crippen molar-refractivity contribution in [2.45, 2.75) is 52.6 Å². The van der Waals surface area contributed by atoms with E-state index in [0.29, 0.717) is 23.2 Å².